The van der Waals surface area contributed by atoms with Crippen LogP contribution in [0.5, 0.6) is 0 Å². The smallest absolute Gasteiger partial charge is 0.150 e. The first-order valence-electron chi connectivity index (χ1n) is 4.98. The van der Waals surface area contributed by atoms with Gasteiger partial charge in [-0.1, -0.05) is 35.3 Å². The van der Waals surface area contributed by atoms with Gasteiger partial charge < -0.3 is 0 Å². The average molecular weight is 301 g/mol. The summed E-state index contributed by atoms with van der Waals surface area (Å²) in [5.41, 5.74) is 1.73. The summed E-state index contributed by atoms with van der Waals surface area (Å²) in [7, 11) is 0. The Labute approximate surface area is 117 Å². The highest BCUT2D eigenvalue weighted by molar-refractivity contribution is 7.20. The van der Waals surface area contributed by atoms with Gasteiger partial charge in [-0.25, -0.2) is 4.39 Å². The van der Waals surface area contributed by atoms with Crippen molar-refractivity contribution in [3.8, 4) is 0 Å². The highest BCUT2D eigenvalue weighted by atomic mass is 35.5. The van der Waals surface area contributed by atoms with Crippen LogP contribution in [0.25, 0.3) is 11.6 Å². The lowest BCUT2D eigenvalue weighted by molar-refractivity contribution is -0.103. The first-order chi connectivity index (χ1) is 8.60. The molecule has 0 aliphatic heterocycles. The Balaban J connectivity index is 2.42. The van der Waals surface area contributed by atoms with Crippen LogP contribution < -0.4 is 0 Å². The average Bonchev–Trinajstić information content (AvgIpc) is 2.66. The SMILES string of the molecule is O=C/C(=C/c1cc(Cl)sc1Cl)c1ccc(F)cc1. The predicted octanol–water partition coefficient (Wildman–Crippen LogP) is 4.93. The second-order valence-corrected chi connectivity index (χ2v) is 5.79. The largest absolute Gasteiger partial charge is 0.298 e. The Bertz CT molecular complexity index is 602. The second kappa shape index (κ2) is 5.65. The van der Waals surface area contributed by atoms with Crippen LogP contribution in [0.4, 0.5) is 4.39 Å². The van der Waals surface area contributed by atoms with Crippen molar-refractivity contribution in [2.75, 3.05) is 0 Å². The summed E-state index contributed by atoms with van der Waals surface area (Å²) in [6.45, 7) is 0. The zero-order chi connectivity index (χ0) is 13.1. The third kappa shape index (κ3) is 2.99. The fourth-order valence-electron chi connectivity index (χ4n) is 1.45. The Kier molecular flexibility index (Phi) is 4.17. The molecule has 2 aromatic rings. The van der Waals surface area contributed by atoms with Crippen molar-refractivity contribution in [1.82, 2.24) is 0 Å². The molecule has 0 atom stereocenters. The molecule has 0 bridgehead atoms. The van der Waals surface area contributed by atoms with Crippen LogP contribution in [0.15, 0.2) is 30.3 Å². The number of allylic oxidation sites excluding steroid dienone is 1. The van der Waals surface area contributed by atoms with E-state index in [-0.39, 0.29) is 5.82 Å². The molecule has 1 nitrogen and oxygen atoms in total. The Morgan fingerprint density at radius 1 is 1.22 bits per heavy atom. The van der Waals surface area contributed by atoms with Crippen LogP contribution >= 0.6 is 34.5 Å². The van der Waals surface area contributed by atoms with Crippen molar-refractivity contribution in [3.05, 3.63) is 55.9 Å². The maximum Gasteiger partial charge on any atom is 0.150 e. The zero-order valence-electron chi connectivity index (χ0n) is 8.99. The Morgan fingerprint density at radius 2 is 1.89 bits per heavy atom. The molecule has 1 aromatic heterocycles. The van der Waals surface area contributed by atoms with Gasteiger partial charge in [0.25, 0.3) is 0 Å². The fraction of sp³-hybridized carbons (Fsp3) is 0. The lowest BCUT2D eigenvalue weighted by Crippen LogP contribution is -1.86. The first-order valence-corrected chi connectivity index (χ1v) is 6.55. The number of hydrogen-bond donors (Lipinski definition) is 0. The van der Waals surface area contributed by atoms with E-state index in [1.807, 2.05) is 0 Å². The van der Waals surface area contributed by atoms with Crippen molar-refractivity contribution < 1.29 is 9.18 Å². The van der Waals surface area contributed by atoms with Gasteiger partial charge >= 0.3 is 0 Å². The summed E-state index contributed by atoms with van der Waals surface area (Å²) in [4.78, 5) is 11.1. The first kappa shape index (κ1) is 13.3. The highest BCUT2D eigenvalue weighted by Gasteiger charge is 2.06. The summed E-state index contributed by atoms with van der Waals surface area (Å²) in [6, 6.07) is 7.36. The van der Waals surface area contributed by atoms with E-state index in [0.29, 0.717) is 31.7 Å². The van der Waals surface area contributed by atoms with Crippen LogP contribution in [0.2, 0.25) is 8.67 Å². The van der Waals surface area contributed by atoms with Crippen LogP contribution in [-0.2, 0) is 4.79 Å². The standard InChI is InChI=1S/C13H7Cl2FOS/c14-12-6-9(13(15)18-12)5-10(7-17)8-1-3-11(16)4-2-8/h1-7H/b10-5-. The van der Waals surface area contributed by atoms with Crippen molar-refractivity contribution in [1.29, 1.82) is 0 Å². The summed E-state index contributed by atoms with van der Waals surface area (Å²) < 4.78 is 13.9. The maximum atomic E-state index is 12.8. The molecular formula is C13H7Cl2FOS. The van der Waals surface area contributed by atoms with Gasteiger partial charge in [0.15, 0.2) is 6.29 Å². The van der Waals surface area contributed by atoms with E-state index in [1.165, 1.54) is 35.6 Å². The minimum Gasteiger partial charge on any atom is -0.298 e. The van der Waals surface area contributed by atoms with Gasteiger partial charge in [-0.3, -0.25) is 4.79 Å². The maximum absolute atomic E-state index is 12.8. The van der Waals surface area contributed by atoms with Crippen LogP contribution in [-0.4, -0.2) is 6.29 Å². The molecule has 0 aliphatic carbocycles. The van der Waals surface area contributed by atoms with Crippen molar-refractivity contribution in [2.45, 2.75) is 0 Å². The van der Waals surface area contributed by atoms with E-state index in [4.69, 9.17) is 23.2 Å². The highest BCUT2D eigenvalue weighted by Crippen LogP contribution is 2.33. The number of benzene rings is 1. The summed E-state index contributed by atoms with van der Waals surface area (Å²) in [5.74, 6) is -0.347. The fourth-order valence-corrected chi connectivity index (χ4v) is 2.87. The molecule has 1 heterocycles. The Morgan fingerprint density at radius 3 is 2.39 bits per heavy atom. The van der Waals surface area contributed by atoms with Gasteiger partial charge in [0, 0.05) is 11.1 Å². The molecule has 92 valence electrons. The van der Waals surface area contributed by atoms with Gasteiger partial charge in [-0.2, -0.15) is 0 Å². The summed E-state index contributed by atoms with van der Waals surface area (Å²) in [6.07, 6.45) is 2.33. The molecule has 0 saturated heterocycles. The molecule has 0 unspecified atom stereocenters. The summed E-state index contributed by atoms with van der Waals surface area (Å²) in [5, 5.41) is 0. The summed E-state index contributed by atoms with van der Waals surface area (Å²) >= 11 is 13.0. The van der Waals surface area contributed by atoms with E-state index in [2.05, 4.69) is 0 Å². The third-order valence-corrected chi connectivity index (χ3v) is 3.82. The molecule has 0 amide bonds. The van der Waals surface area contributed by atoms with E-state index >= 15 is 0 Å². The van der Waals surface area contributed by atoms with Crippen LogP contribution in [0.1, 0.15) is 11.1 Å². The molecule has 1 aromatic carbocycles. The van der Waals surface area contributed by atoms with Crippen molar-refractivity contribution >= 4 is 52.5 Å². The number of thiophene rings is 1. The molecule has 0 saturated carbocycles. The van der Waals surface area contributed by atoms with Gasteiger partial charge in [-0.15, -0.1) is 11.3 Å². The number of carbonyl (C=O) groups is 1. The lowest BCUT2D eigenvalue weighted by Gasteiger charge is -2.00. The molecule has 0 fully saturated rings. The topological polar surface area (TPSA) is 17.1 Å². The van der Waals surface area contributed by atoms with Crippen molar-refractivity contribution in [2.24, 2.45) is 0 Å². The van der Waals surface area contributed by atoms with E-state index in [0.717, 1.165) is 0 Å². The number of hydrogen-bond acceptors (Lipinski definition) is 2. The molecule has 0 spiro atoms. The second-order valence-electron chi connectivity index (χ2n) is 3.50. The van der Waals surface area contributed by atoms with E-state index < -0.39 is 0 Å². The Hall–Kier alpha value is -1.16. The molecule has 18 heavy (non-hydrogen) atoms. The number of halogens is 3. The molecule has 0 radical (unpaired) electrons. The zero-order valence-corrected chi connectivity index (χ0v) is 11.3. The van der Waals surface area contributed by atoms with Crippen LogP contribution in [0, 0.1) is 5.82 Å². The van der Waals surface area contributed by atoms with Gasteiger partial charge in [0.1, 0.15) is 10.2 Å². The molecule has 2 rings (SSSR count). The number of rotatable bonds is 3. The minimum atomic E-state index is -0.347. The normalized spacial score (nSPS) is 11.6. The minimum absolute atomic E-state index is 0.347. The molecule has 0 N–H and O–H groups in total. The molecule has 0 aliphatic rings. The van der Waals surface area contributed by atoms with Crippen LogP contribution in [0.3, 0.4) is 0 Å². The number of carbonyl (C=O) groups excluding carboxylic acids is 1. The number of aldehydes is 1. The van der Waals surface area contributed by atoms with Crippen molar-refractivity contribution in [3.63, 3.8) is 0 Å². The molecule has 5 heteroatoms. The lowest BCUT2D eigenvalue weighted by atomic mass is 10.1. The van der Waals surface area contributed by atoms with Gasteiger partial charge in [0.2, 0.25) is 0 Å². The quantitative estimate of drug-likeness (QED) is 0.580. The van der Waals surface area contributed by atoms with E-state index in [9.17, 15) is 9.18 Å². The van der Waals surface area contributed by atoms with Gasteiger partial charge in [0.05, 0.1) is 4.34 Å². The monoisotopic (exact) mass is 300 g/mol. The van der Waals surface area contributed by atoms with Gasteiger partial charge in [-0.05, 0) is 29.8 Å². The third-order valence-electron chi connectivity index (χ3n) is 2.30. The van der Waals surface area contributed by atoms with E-state index in [1.54, 1.807) is 12.1 Å². The predicted molar refractivity (Wildman–Crippen MR) is 74.7 cm³/mol. The molecular weight excluding hydrogens is 294 g/mol.